The Morgan fingerprint density at radius 3 is 2.42 bits per heavy atom. The number of amides is 1. The summed E-state index contributed by atoms with van der Waals surface area (Å²) >= 11 is 0. The minimum absolute atomic E-state index is 0.0617. The summed E-state index contributed by atoms with van der Waals surface area (Å²) in [6.45, 7) is 1.37. The van der Waals surface area contributed by atoms with Crippen LogP contribution in [0.25, 0.3) is 0 Å². The smallest absolute Gasteiger partial charge is 0.264 e. The summed E-state index contributed by atoms with van der Waals surface area (Å²) in [6.07, 6.45) is 1.45. The Bertz CT molecular complexity index is 1240. The Morgan fingerprint density at radius 2 is 1.73 bits per heavy atom. The van der Waals surface area contributed by atoms with Crippen molar-refractivity contribution in [2.75, 3.05) is 25.1 Å². The van der Waals surface area contributed by atoms with Crippen molar-refractivity contribution in [2.24, 2.45) is 5.10 Å². The summed E-state index contributed by atoms with van der Waals surface area (Å²) in [7, 11) is -1.07. The lowest BCUT2D eigenvalue weighted by Gasteiger charge is -2.25. The topological polar surface area (TPSA) is 97.3 Å². The maximum absolute atomic E-state index is 13.5. The summed E-state index contributed by atoms with van der Waals surface area (Å²) in [5, 5.41) is 3.94. The molecule has 0 saturated heterocycles. The first kappa shape index (κ1) is 23.8. The monoisotopic (exact) mass is 467 g/mol. The summed E-state index contributed by atoms with van der Waals surface area (Å²) in [4.78, 5) is 12.7. The predicted octanol–water partition coefficient (Wildman–Crippen LogP) is 3.36. The van der Waals surface area contributed by atoms with E-state index in [1.807, 2.05) is 6.92 Å². The number of methoxy groups -OCH3 is 2. The second-order valence-electron chi connectivity index (χ2n) is 7.07. The van der Waals surface area contributed by atoms with Crippen molar-refractivity contribution in [1.82, 2.24) is 5.43 Å². The van der Waals surface area contributed by atoms with Crippen LogP contribution in [0.5, 0.6) is 11.5 Å². The van der Waals surface area contributed by atoms with Gasteiger partial charge in [-0.3, -0.25) is 9.10 Å². The van der Waals surface area contributed by atoms with E-state index >= 15 is 0 Å². The first-order valence-electron chi connectivity index (χ1n) is 10.0. The highest BCUT2D eigenvalue weighted by atomic mass is 32.2. The lowest BCUT2D eigenvalue weighted by molar-refractivity contribution is -0.119. The normalized spacial score (nSPS) is 11.2. The molecule has 0 unspecified atom stereocenters. The number of hydrazone groups is 1. The summed E-state index contributed by atoms with van der Waals surface area (Å²) in [6, 6.07) is 20.1. The molecule has 8 nitrogen and oxygen atoms in total. The van der Waals surface area contributed by atoms with E-state index in [0.29, 0.717) is 17.1 Å². The minimum Gasteiger partial charge on any atom is -0.497 e. The van der Waals surface area contributed by atoms with Crippen LogP contribution in [0.15, 0.2) is 82.8 Å². The summed E-state index contributed by atoms with van der Waals surface area (Å²) in [5.74, 6) is 0.355. The standard InChI is InChI=1S/C24H25N3O5S/c1-18-11-13-21(14-12-18)33(29,30)27(22-9-4-5-10-23(22)32-3)17-24(28)26-25-16-19-7-6-8-20(15-19)31-2/h4-16H,17H2,1-3H3,(H,26,28)/b25-16-. The highest BCUT2D eigenvalue weighted by Crippen LogP contribution is 2.32. The quantitative estimate of drug-likeness (QED) is 0.384. The number of rotatable bonds is 9. The van der Waals surface area contributed by atoms with Gasteiger partial charge in [-0.05, 0) is 48.9 Å². The largest absolute Gasteiger partial charge is 0.497 e. The number of nitrogens with one attached hydrogen (secondary N) is 1. The number of nitrogens with zero attached hydrogens (tertiary/aromatic N) is 2. The molecular formula is C24H25N3O5S. The van der Waals surface area contributed by atoms with Gasteiger partial charge in [0.1, 0.15) is 18.0 Å². The number of ether oxygens (including phenoxy) is 2. The highest BCUT2D eigenvalue weighted by molar-refractivity contribution is 7.92. The zero-order valence-electron chi connectivity index (χ0n) is 18.6. The number of benzene rings is 3. The number of aryl methyl sites for hydroxylation is 1. The van der Waals surface area contributed by atoms with Gasteiger partial charge >= 0.3 is 0 Å². The van der Waals surface area contributed by atoms with Crippen LogP contribution in [0.4, 0.5) is 5.69 Å². The summed E-state index contributed by atoms with van der Waals surface area (Å²) in [5.41, 5.74) is 4.26. The minimum atomic E-state index is -4.06. The van der Waals surface area contributed by atoms with Gasteiger partial charge in [0.05, 0.1) is 31.0 Å². The van der Waals surface area contributed by atoms with Crippen molar-refractivity contribution in [1.29, 1.82) is 0 Å². The Hall–Kier alpha value is -3.85. The molecule has 0 aliphatic rings. The lowest BCUT2D eigenvalue weighted by atomic mass is 10.2. The van der Waals surface area contributed by atoms with Crippen LogP contribution in [-0.2, 0) is 14.8 Å². The second-order valence-corrected chi connectivity index (χ2v) is 8.93. The van der Waals surface area contributed by atoms with Crippen LogP contribution >= 0.6 is 0 Å². The van der Waals surface area contributed by atoms with Crippen molar-refractivity contribution in [3.05, 3.63) is 83.9 Å². The van der Waals surface area contributed by atoms with Crippen LogP contribution in [0.2, 0.25) is 0 Å². The maximum atomic E-state index is 13.5. The molecule has 0 fully saturated rings. The Morgan fingerprint density at radius 1 is 1.00 bits per heavy atom. The van der Waals surface area contributed by atoms with Crippen LogP contribution in [0, 0.1) is 6.92 Å². The van der Waals surface area contributed by atoms with E-state index in [-0.39, 0.29) is 10.6 Å². The Labute approximate surface area is 193 Å². The SMILES string of the molecule is COc1cccc(/C=N\NC(=O)CN(c2ccccc2OC)S(=O)(=O)c2ccc(C)cc2)c1. The average molecular weight is 468 g/mol. The van der Waals surface area contributed by atoms with Gasteiger partial charge < -0.3 is 9.47 Å². The van der Waals surface area contributed by atoms with Gasteiger partial charge in [0.2, 0.25) is 0 Å². The second kappa shape index (κ2) is 10.6. The number of hydrogen-bond donors (Lipinski definition) is 1. The highest BCUT2D eigenvalue weighted by Gasteiger charge is 2.29. The molecule has 0 atom stereocenters. The number of para-hydroxylation sites is 2. The fraction of sp³-hybridized carbons (Fsp3) is 0.167. The molecule has 0 heterocycles. The van der Waals surface area contributed by atoms with Crippen molar-refractivity contribution in [3.8, 4) is 11.5 Å². The predicted molar refractivity (Wildman–Crippen MR) is 127 cm³/mol. The molecule has 0 aliphatic heterocycles. The molecule has 172 valence electrons. The molecule has 3 rings (SSSR count). The fourth-order valence-electron chi connectivity index (χ4n) is 3.04. The van der Waals surface area contributed by atoms with Crippen molar-refractivity contribution in [2.45, 2.75) is 11.8 Å². The van der Waals surface area contributed by atoms with Crippen molar-refractivity contribution < 1.29 is 22.7 Å². The molecule has 3 aromatic rings. The maximum Gasteiger partial charge on any atom is 0.264 e. The molecule has 0 radical (unpaired) electrons. The molecule has 0 saturated carbocycles. The number of hydrogen-bond acceptors (Lipinski definition) is 6. The third kappa shape index (κ3) is 5.89. The number of anilines is 1. The van der Waals surface area contributed by atoms with Gasteiger partial charge in [0, 0.05) is 0 Å². The molecule has 0 bridgehead atoms. The van der Waals surface area contributed by atoms with Crippen molar-refractivity contribution in [3.63, 3.8) is 0 Å². The third-order valence-corrected chi connectivity index (χ3v) is 6.52. The van der Waals surface area contributed by atoms with Gasteiger partial charge in [-0.1, -0.05) is 42.0 Å². The van der Waals surface area contributed by atoms with E-state index in [4.69, 9.17) is 9.47 Å². The van der Waals surface area contributed by atoms with Crippen LogP contribution in [-0.4, -0.2) is 41.3 Å². The van der Waals surface area contributed by atoms with Gasteiger partial charge in [-0.2, -0.15) is 5.10 Å². The first-order chi connectivity index (χ1) is 15.8. The van der Waals surface area contributed by atoms with Crippen LogP contribution in [0.1, 0.15) is 11.1 Å². The molecule has 33 heavy (non-hydrogen) atoms. The third-order valence-electron chi connectivity index (χ3n) is 4.75. The molecule has 9 heteroatoms. The molecule has 1 amide bonds. The molecule has 3 aromatic carbocycles. The van der Waals surface area contributed by atoms with Crippen molar-refractivity contribution >= 4 is 27.8 Å². The van der Waals surface area contributed by atoms with Gasteiger partial charge in [-0.25, -0.2) is 13.8 Å². The van der Waals surface area contributed by atoms with Gasteiger partial charge in [0.25, 0.3) is 15.9 Å². The zero-order valence-corrected chi connectivity index (χ0v) is 19.4. The van der Waals surface area contributed by atoms with E-state index < -0.39 is 22.5 Å². The molecular weight excluding hydrogens is 442 g/mol. The Balaban J connectivity index is 1.87. The first-order valence-corrected chi connectivity index (χ1v) is 11.5. The van der Waals surface area contributed by atoms with E-state index in [1.165, 1.54) is 25.5 Å². The number of carbonyl (C=O) groups excluding carboxylic acids is 1. The molecule has 0 aromatic heterocycles. The van der Waals surface area contributed by atoms with Gasteiger partial charge in [-0.15, -0.1) is 0 Å². The van der Waals surface area contributed by atoms with Crippen LogP contribution in [0.3, 0.4) is 0 Å². The van der Waals surface area contributed by atoms with Gasteiger partial charge in [0.15, 0.2) is 0 Å². The van der Waals surface area contributed by atoms with E-state index in [1.54, 1.807) is 67.8 Å². The number of sulfonamides is 1. The van der Waals surface area contributed by atoms with E-state index in [9.17, 15) is 13.2 Å². The van der Waals surface area contributed by atoms with Crippen LogP contribution < -0.4 is 19.2 Å². The molecule has 0 aliphatic carbocycles. The van der Waals surface area contributed by atoms with E-state index in [2.05, 4.69) is 10.5 Å². The molecule has 0 spiro atoms. The zero-order chi connectivity index (χ0) is 23.8. The van der Waals surface area contributed by atoms with E-state index in [0.717, 1.165) is 9.87 Å². The Kier molecular flexibility index (Phi) is 7.68. The summed E-state index contributed by atoms with van der Waals surface area (Å²) < 4.78 is 38.4. The molecule has 1 N–H and O–H groups in total. The fourth-order valence-corrected chi connectivity index (χ4v) is 4.47. The average Bonchev–Trinajstić information content (AvgIpc) is 2.83. The number of carbonyl (C=O) groups is 1. The lowest BCUT2D eigenvalue weighted by Crippen LogP contribution is -2.39.